The third-order valence-electron chi connectivity index (χ3n) is 4.04. The maximum atomic E-state index is 12.2. The first-order valence-corrected chi connectivity index (χ1v) is 8.29. The first-order valence-electron chi connectivity index (χ1n) is 8.29. The van der Waals surface area contributed by atoms with Gasteiger partial charge in [0.1, 0.15) is 5.82 Å². The minimum atomic E-state index is 0.0289. The summed E-state index contributed by atoms with van der Waals surface area (Å²) < 4.78 is 1.99. The summed E-state index contributed by atoms with van der Waals surface area (Å²) in [6.45, 7) is 4.54. The first kappa shape index (κ1) is 17.0. The van der Waals surface area contributed by atoms with Gasteiger partial charge >= 0.3 is 6.03 Å². The fraction of sp³-hybridized carbons (Fsp3) is 0.500. The van der Waals surface area contributed by atoms with Crippen molar-refractivity contribution in [3.63, 3.8) is 0 Å². The number of carbonyl (C=O) groups excluding carboxylic acids is 1. The number of nitrogen functional groups attached to an aromatic ring is 1. The minimum absolute atomic E-state index is 0.0289. The van der Waals surface area contributed by atoms with Gasteiger partial charge < -0.3 is 20.9 Å². The van der Waals surface area contributed by atoms with Crippen LogP contribution in [0.15, 0.2) is 12.1 Å². The molecule has 3 rings (SSSR count). The maximum absolute atomic E-state index is 12.2. The van der Waals surface area contributed by atoms with E-state index in [0.717, 1.165) is 36.6 Å². The van der Waals surface area contributed by atoms with E-state index < -0.39 is 0 Å². The van der Waals surface area contributed by atoms with E-state index in [9.17, 15) is 4.79 Å². The number of nitrogens with zero attached hydrogens (tertiary/aromatic N) is 6. The molecule has 0 radical (unpaired) electrons. The Kier molecular flexibility index (Phi) is 4.73. The molecule has 0 spiro atoms. The van der Waals surface area contributed by atoms with Crippen LogP contribution >= 0.6 is 0 Å². The Bertz CT molecular complexity index is 749. The summed E-state index contributed by atoms with van der Waals surface area (Å²) >= 11 is 0. The molecule has 9 heteroatoms. The number of carbonyl (C=O) groups is 1. The van der Waals surface area contributed by atoms with Crippen LogP contribution in [-0.4, -0.2) is 56.2 Å². The topological polar surface area (TPSA) is 105 Å². The van der Waals surface area contributed by atoms with Crippen molar-refractivity contribution >= 4 is 17.8 Å². The van der Waals surface area contributed by atoms with Gasteiger partial charge in [0, 0.05) is 38.9 Å². The maximum Gasteiger partial charge on any atom is 0.319 e. The summed E-state index contributed by atoms with van der Waals surface area (Å²) in [5.74, 6) is 0.929. The van der Waals surface area contributed by atoms with E-state index in [1.807, 2.05) is 28.6 Å². The molecule has 3 heterocycles. The molecule has 0 fully saturated rings. The SMILES string of the molecule is Cc1cc(NCc2cc3n(n2)CCCN(C(=O)N(C)C)C3)nc(N)n1. The van der Waals surface area contributed by atoms with Gasteiger partial charge in [-0.05, 0) is 19.4 Å². The zero-order valence-corrected chi connectivity index (χ0v) is 14.9. The number of aryl methyl sites for hydroxylation is 2. The van der Waals surface area contributed by atoms with Crippen molar-refractivity contribution in [2.75, 3.05) is 31.7 Å². The molecule has 0 aliphatic carbocycles. The van der Waals surface area contributed by atoms with E-state index in [-0.39, 0.29) is 12.0 Å². The second-order valence-electron chi connectivity index (χ2n) is 6.41. The smallest absolute Gasteiger partial charge is 0.319 e. The van der Waals surface area contributed by atoms with Crippen molar-refractivity contribution in [1.29, 1.82) is 0 Å². The van der Waals surface area contributed by atoms with Crippen molar-refractivity contribution in [2.45, 2.75) is 33.0 Å². The molecule has 134 valence electrons. The minimum Gasteiger partial charge on any atom is -0.368 e. The van der Waals surface area contributed by atoms with Gasteiger partial charge in [0.2, 0.25) is 5.95 Å². The lowest BCUT2D eigenvalue weighted by Crippen LogP contribution is -2.38. The molecule has 2 aromatic rings. The van der Waals surface area contributed by atoms with Crippen LogP contribution < -0.4 is 11.1 Å². The Labute approximate surface area is 146 Å². The van der Waals surface area contributed by atoms with Gasteiger partial charge in [-0.2, -0.15) is 10.1 Å². The Morgan fingerprint density at radius 1 is 1.32 bits per heavy atom. The Hall–Kier alpha value is -2.84. The van der Waals surface area contributed by atoms with Gasteiger partial charge in [-0.25, -0.2) is 9.78 Å². The lowest BCUT2D eigenvalue weighted by atomic mass is 10.3. The van der Waals surface area contributed by atoms with E-state index in [2.05, 4.69) is 20.4 Å². The lowest BCUT2D eigenvalue weighted by Gasteiger charge is -2.23. The summed E-state index contributed by atoms with van der Waals surface area (Å²) in [6, 6.07) is 3.90. The van der Waals surface area contributed by atoms with Crippen molar-refractivity contribution in [1.82, 2.24) is 29.5 Å². The number of hydrogen-bond acceptors (Lipinski definition) is 6. The highest BCUT2D eigenvalue weighted by Gasteiger charge is 2.21. The average molecular weight is 344 g/mol. The van der Waals surface area contributed by atoms with Gasteiger partial charge in [-0.15, -0.1) is 0 Å². The van der Waals surface area contributed by atoms with Crippen molar-refractivity contribution in [2.24, 2.45) is 0 Å². The van der Waals surface area contributed by atoms with Crippen LogP contribution in [0.4, 0.5) is 16.6 Å². The highest BCUT2D eigenvalue weighted by Crippen LogP contribution is 2.16. The quantitative estimate of drug-likeness (QED) is 0.863. The van der Waals surface area contributed by atoms with Crippen LogP contribution in [0.3, 0.4) is 0 Å². The number of nitrogens with one attached hydrogen (secondary N) is 1. The van der Waals surface area contributed by atoms with Gasteiger partial charge in [0.25, 0.3) is 0 Å². The van der Waals surface area contributed by atoms with Gasteiger partial charge in [-0.3, -0.25) is 4.68 Å². The first-order chi connectivity index (χ1) is 11.9. The summed E-state index contributed by atoms with van der Waals surface area (Å²) in [4.78, 5) is 23.9. The second kappa shape index (κ2) is 6.96. The molecule has 0 unspecified atom stereocenters. The van der Waals surface area contributed by atoms with E-state index in [0.29, 0.717) is 18.9 Å². The molecule has 0 saturated heterocycles. The summed E-state index contributed by atoms with van der Waals surface area (Å²) in [5.41, 5.74) is 8.43. The Balaban J connectivity index is 1.69. The number of hydrogen-bond donors (Lipinski definition) is 2. The van der Waals surface area contributed by atoms with E-state index in [1.54, 1.807) is 19.0 Å². The Morgan fingerprint density at radius 3 is 2.84 bits per heavy atom. The number of amides is 2. The monoisotopic (exact) mass is 344 g/mol. The zero-order chi connectivity index (χ0) is 18.0. The van der Waals surface area contributed by atoms with Crippen LogP contribution in [0.2, 0.25) is 0 Å². The summed E-state index contributed by atoms with van der Waals surface area (Å²) in [6.07, 6.45) is 0.892. The molecular weight excluding hydrogens is 320 g/mol. The molecule has 9 nitrogen and oxygen atoms in total. The Morgan fingerprint density at radius 2 is 2.12 bits per heavy atom. The largest absolute Gasteiger partial charge is 0.368 e. The molecular formula is C16H24N8O. The fourth-order valence-corrected chi connectivity index (χ4v) is 2.92. The third kappa shape index (κ3) is 3.98. The highest BCUT2D eigenvalue weighted by molar-refractivity contribution is 5.73. The van der Waals surface area contributed by atoms with Crippen LogP contribution in [0.25, 0.3) is 0 Å². The van der Waals surface area contributed by atoms with Crippen molar-refractivity contribution < 1.29 is 4.79 Å². The van der Waals surface area contributed by atoms with Gasteiger partial charge in [-0.1, -0.05) is 0 Å². The predicted octanol–water partition coefficient (Wildman–Crippen LogP) is 1.06. The number of anilines is 2. The summed E-state index contributed by atoms with van der Waals surface area (Å²) in [5, 5.41) is 7.86. The number of urea groups is 1. The molecule has 0 aromatic carbocycles. The lowest BCUT2D eigenvalue weighted by molar-refractivity contribution is 0.169. The van der Waals surface area contributed by atoms with Crippen LogP contribution in [0.1, 0.15) is 23.5 Å². The van der Waals surface area contributed by atoms with Crippen LogP contribution in [0.5, 0.6) is 0 Å². The number of fused-ring (bicyclic) bond motifs is 1. The standard InChI is InChI=1S/C16H24N8O/c1-11-7-14(20-15(17)19-11)18-9-12-8-13-10-23(16(25)22(2)3)5-4-6-24(13)21-12/h7-8H,4-6,9-10H2,1-3H3,(H3,17,18,19,20). The average Bonchev–Trinajstić information content (AvgIpc) is 2.82. The molecule has 0 atom stereocenters. The molecule has 0 saturated carbocycles. The normalized spacial score (nSPS) is 14.0. The van der Waals surface area contributed by atoms with Crippen molar-refractivity contribution in [3.05, 3.63) is 29.2 Å². The van der Waals surface area contributed by atoms with Crippen molar-refractivity contribution in [3.8, 4) is 0 Å². The number of aromatic nitrogens is 4. The zero-order valence-electron chi connectivity index (χ0n) is 14.9. The highest BCUT2D eigenvalue weighted by atomic mass is 16.2. The van der Waals surface area contributed by atoms with E-state index in [1.165, 1.54) is 0 Å². The van der Waals surface area contributed by atoms with Gasteiger partial charge in [0.15, 0.2) is 0 Å². The number of rotatable bonds is 3. The molecule has 25 heavy (non-hydrogen) atoms. The summed E-state index contributed by atoms with van der Waals surface area (Å²) in [7, 11) is 3.55. The second-order valence-corrected chi connectivity index (χ2v) is 6.41. The van der Waals surface area contributed by atoms with Crippen LogP contribution in [0, 0.1) is 6.92 Å². The number of nitrogens with two attached hydrogens (primary N) is 1. The predicted molar refractivity (Wildman–Crippen MR) is 94.8 cm³/mol. The van der Waals surface area contributed by atoms with E-state index in [4.69, 9.17) is 5.73 Å². The molecule has 3 N–H and O–H groups in total. The molecule has 1 aliphatic rings. The van der Waals surface area contributed by atoms with Crippen LogP contribution in [-0.2, 0) is 19.6 Å². The molecule has 0 bridgehead atoms. The van der Waals surface area contributed by atoms with E-state index >= 15 is 0 Å². The molecule has 2 aromatic heterocycles. The fourth-order valence-electron chi connectivity index (χ4n) is 2.92. The molecule has 1 aliphatic heterocycles. The molecule has 2 amide bonds. The third-order valence-corrected chi connectivity index (χ3v) is 4.04. The van der Waals surface area contributed by atoms with Gasteiger partial charge in [0.05, 0.1) is 24.5 Å².